The number of nitrogens with zero attached hydrogens (tertiary/aromatic N) is 1. The highest BCUT2D eigenvalue weighted by atomic mass is 127. The van der Waals surface area contributed by atoms with Crippen LogP contribution in [0.1, 0.15) is 45.1 Å². The minimum absolute atomic E-state index is 0. The van der Waals surface area contributed by atoms with Crippen molar-refractivity contribution < 1.29 is 9.53 Å². The minimum atomic E-state index is -0.467. The first-order valence-electron chi connectivity index (χ1n) is 9.07. The highest BCUT2D eigenvalue weighted by molar-refractivity contribution is 14.0. The normalized spacial score (nSPS) is 15.3. The fourth-order valence-electron chi connectivity index (χ4n) is 2.98. The van der Waals surface area contributed by atoms with E-state index in [1.165, 1.54) is 32.8 Å². The molecule has 1 saturated carbocycles. The Hall–Kier alpha value is -1.51. The lowest BCUT2D eigenvalue weighted by atomic mass is 9.67. The molecule has 0 aromatic heterocycles. The van der Waals surface area contributed by atoms with Gasteiger partial charge in [-0.15, -0.1) is 24.0 Å². The summed E-state index contributed by atoms with van der Waals surface area (Å²) in [5.41, 5.74) is 2.25. The number of anilines is 1. The SMILES string of the molecule is CCNC(=NCc1ccc(NC(=O)OC)cc1)NCC1(CC)CCC1.I. The minimum Gasteiger partial charge on any atom is -0.453 e. The Balaban J connectivity index is 0.00000338. The van der Waals surface area contributed by atoms with Gasteiger partial charge >= 0.3 is 6.09 Å². The van der Waals surface area contributed by atoms with Crippen molar-refractivity contribution in [3.63, 3.8) is 0 Å². The van der Waals surface area contributed by atoms with E-state index in [1.54, 1.807) is 0 Å². The Morgan fingerprint density at radius 3 is 2.38 bits per heavy atom. The van der Waals surface area contributed by atoms with E-state index in [4.69, 9.17) is 0 Å². The Morgan fingerprint density at radius 2 is 1.88 bits per heavy atom. The first kappa shape index (κ1) is 22.5. The number of aliphatic imine (C=N–C) groups is 1. The van der Waals surface area contributed by atoms with Crippen LogP contribution in [0.5, 0.6) is 0 Å². The first-order chi connectivity index (χ1) is 12.1. The third kappa shape index (κ3) is 6.66. The summed E-state index contributed by atoms with van der Waals surface area (Å²) in [7, 11) is 1.35. The molecule has 0 aliphatic heterocycles. The van der Waals surface area contributed by atoms with Gasteiger partial charge in [-0.3, -0.25) is 5.32 Å². The largest absolute Gasteiger partial charge is 0.453 e. The summed E-state index contributed by atoms with van der Waals surface area (Å²) in [4.78, 5) is 15.9. The van der Waals surface area contributed by atoms with Crippen LogP contribution in [0.25, 0.3) is 0 Å². The summed E-state index contributed by atoms with van der Waals surface area (Å²) in [6.45, 7) is 6.76. The number of carbonyl (C=O) groups excluding carboxylic acids is 1. The van der Waals surface area contributed by atoms with Gasteiger partial charge in [0.1, 0.15) is 0 Å². The number of amides is 1. The van der Waals surface area contributed by atoms with Gasteiger partial charge in [0, 0.05) is 18.8 Å². The van der Waals surface area contributed by atoms with Crippen molar-refractivity contribution in [2.24, 2.45) is 10.4 Å². The van der Waals surface area contributed by atoms with Crippen molar-refractivity contribution in [1.29, 1.82) is 0 Å². The molecular weight excluding hydrogens is 443 g/mol. The van der Waals surface area contributed by atoms with Gasteiger partial charge in [-0.05, 0) is 49.3 Å². The van der Waals surface area contributed by atoms with Gasteiger partial charge in [-0.1, -0.05) is 25.5 Å². The van der Waals surface area contributed by atoms with E-state index in [-0.39, 0.29) is 24.0 Å². The van der Waals surface area contributed by atoms with E-state index in [0.29, 0.717) is 17.6 Å². The van der Waals surface area contributed by atoms with E-state index < -0.39 is 6.09 Å². The molecule has 0 bridgehead atoms. The summed E-state index contributed by atoms with van der Waals surface area (Å²) in [5.74, 6) is 0.860. The van der Waals surface area contributed by atoms with Gasteiger partial charge in [0.2, 0.25) is 0 Å². The van der Waals surface area contributed by atoms with Crippen molar-refractivity contribution in [2.45, 2.75) is 46.1 Å². The van der Waals surface area contributed by atoms with E-state index in [0.717, 1.165) is 24.6 Å². The number of rotatable bonds is 7. The Bertz CT molecular complexity index is 580. The second-order valence-electron chi connectivity index (χ2n) is 6.57. The zero-order chi connectivity index (χ0) is 18.1. The zero-order valence-corrected chi connectivity index (χ0v) is 18.3. The molecule has 0 spiro atoms. The van der Waals surface area contributed by atoms with E-state index in [1.807, 2.05) is 24.3 Å². The van der Waals surface area contributed by atoms with Crippen LogP contribution in [-0.2, 0) is 11.3 Å². The van der Waals surface area contributed by atoms with E-state index in [9.17, 15) is 4.79 Å². The second-order valence-corrected chi connectivity index (χ2v) is 6.57. The summed E-state index contributed by atoms with van der Waals surface area (Å²) < 4.78 is 4.58. The van der Waals surface area contributed by atoms with Crippen LogP contribution in [-0.4, -0.2) is 32.3 Å². The van der Waals surface area contributed by atoms with E-state index >= 15 is 0 Å². The molecule has 1 aromatic carbocycles. The maximum Gasteiger partial charge on any atom is 0.411 e. The van der Waals surface area contributed by atoms with Gasteiger partial charge in [0.25, 0.3) is 0 Å². The number of hydrogen-bond acceptors (Lipinski definition) is 3. The van der Waals surface area contributed by atoms with Crippen molar-refractivity contribution in [1.82, 2.24) is 10.6 Å². The molecule has 0 unspecified atom stereocenters. The number of hydrogen-bond donors (Lipinski definition) is 3. The molecule has 0 atom stereocenters. The second kappa shape index (κ2) is 11.3. The molecule has 146 valence electrons. The predicted molar refractivity (Wildman–Crippen MR) is 117 cm³/mol. The molecule has 1 amide bonds. The van der Waals surface area contributed by atoms with Crippen LogP contribution in [0.2, 0.25) is 0 Å². The quantitative estimate of drug-likeness (QED) is 0.316. The smallest absolute Gasteiger partial charge is 0.411 e. The Morgan fingerprint density at radius 1 is 1.19 bits per heavy atom. The first-order valence-corrected chi connectivity index (χ1v) is 9.07. The molecule has 0 saturated heterocycles. The van der Waals surface area contributed by atoms with Crippen LogP contribution in [0, 0.1) is 5.41 Å². The summed E-state index contributed by atoms with van der Waals surface area (Å²) in [6.07, 6.45) is 4.71. The molecule has 1 fully saturated rings. The van der Waals surface area contributed by atoms with Gasteiger partial charge in [-0.2, -0.15) is 0 Å². The maximum atomic E-state index is 11.2. The van der Waals surface area contributed by atoms with Crippen molar-refractivity contribution >= 4 is 41.7 Å². The van der Waals surface area contributed by atoms with Crippen LogP contribution >= 0.6 is 24.0 Å². The lowest BCUT2D eigenvalue weighted by Gasteiger charge is -2.41. The lowest BCUT2D eigenvalue weighted by molar-refractivity contribution is 0.131. The molecular formula is C19H31IN4O2. The number of methoxy groups -OCH3 is 1. The molecule has 1 aliphatic rings. The average Bonchev–Trinajstić information content (AvgIpc) is 2.60. The van der Waals surface area contributed by atoms with Crippen molar-refractivity contribution in [2.75, 3.05) is 25.5 Å². The summed E-state index contributed by atoms with van der Waals surface area (Å²) in [5, 5.41) is 9.44. The van der Waals surface area contributed by atoms with Crippen LogP contribution in [0.3, 0.4) is 0 Å². The molecule has 7 heteroatoms. The number of ether oxygens (including phenoxy) is 1. The van der Waals surface area contributed by atoms with Gasteiger partial charge in [0.15, 0.2) is 5.96 Å². The van der Waals surface area contributed by atoms with Crippen LogP contribution in [0.15, 0.2) is 29.3 Å². The molecule has 1 aliphatic carbocycles. The van der Waals surface area contributed by atoms with Crippen LogP contribution < -0.4 is 16.0 Å². The number of guanidine groups is 1. The molecule has 1 aromatic rings. The Labute approximate surface area is 173 Å². The maximum absolute atomic E-state index is 11.2. The number of halogens is 1. The van der Waals surface area contributed by atoms with Crippen molar-refractivity contribution in [3.05, 3.63) is 29.8 Å². The third-order valence-corrected chi connectivity index (χ3v) is 4.94. The zero-order valence-electron chi connectivity index (χ0n) is 15.9. The highest BCUT2D eigenvalue weighted by Gasteiger charge is 2.34. The molecule has 0 heterocycles. The predicted octanol–water partition coefficient (Wildman–Crippen LogP) is 4.12. The number of nitrogens with one attached hydrogen (secondary N) is 3. The van der Waals surface area contributed by atoms with Crippen molar-refractivity contribution in [3.8, 4) is 0 Å². The third-order valence-electron chi connectivity index (χ3n) is 4.94. The molecule has 0 radical (unpaired) electrons. The van der Waals surface area contributed by atoms with Gasteiger partial charge in [0.05, 0.1) is 13.7 Å². The van der Waals surface area contributed by atoms with Gasteiger partial charge in [-0.25, -0.2) is 9.79 Å². The summed E-state index contributed by atoms with van der Waals surface area (Å²) >= 11 is 0. The number of benzene rings is 1. The fourth-order valence-corrected chi connectivity index (χ4v) is 2.98. The standard InChI is InChI=1S/C19H30N4O2.HI/c1-4-19(11-6-12-19)14-22-17(20-5-2)21-13-15-7-9-16(10-8-15)23-18(24)25-3;/h7-10H,4-6,11-14H2,1-3H3,(H,23,24)(H2,20,21,22);1H. The van der Waals surface area contributed by atoms with Crippen LogP contribution in [0.4, 0.5) is 10.5 Å². The Kier molecular flexibility index (Phi) is 9.75. The molecule has 26 heavy (non-hydrogen) atoms. The van der Waals surface area contributed by atoms with E-state index in [2.05, 4.69) is 39.5 Å². The summed E-state index contributed by atoms with van der Waals surface area (Å²) in [6, 6.07) is 7.61. The highest BCUT2D eigenvalue weighted by Crippen LogP contribution is 2.42. The molecule has 3 N–H and O–H groups in total. The lowest BCUT2D eigenvalue weighted by Crippen LogP contribution is -2.46. The average molecular weight is 474 g/mol. The molecule has 6 nitrogen and oxygen atoms in total. The topological polar surface area (TPSA) is 74.8 Å². The molecule has 2 rings (SSSR count). The number of carbonyl (C=O) groups is 1. The fraction of sp³-hybridized carbons (Fsp3) is 0.579. The monoisotopic (exact) mass is 474 g/mol. The van der Waals surface area contributed by atoms with Gasteiger partial charge < -0.3 is 15.4 Å².